The molecule has 0 bridgehead atoms. The van der Waals surface area contributed by atoms with Crippen LogP contribution in [0.3, 0.4) is 0 Å². The number of nitrogens with zero attached hydrogens (tertiary/aromatic N) is 3. The van der Waals surface area contributed by atoms with Crippen LogP contribution in [0, 0.1) is 0 Å². The first-order valence-corrected chi connectivity index (χ1v) is 19.6. The molecule has 0 aliphatic rings. The summed E-state index contributed by atoms with van der Waals surface area (Å²) in [6, 6.07) is 77.6. The van der Waals surface area contributed by atoms with E-state index in [4.69, 9.17) is 0 Å². The summed E-state index contributed by atoms with van der Waals surface area (Å²) in [5.41, 5.74) is 15.3. The molecule has 9 aromatic carbocycles. The van der Waals surface area contributed by atoms with E-state index in [9.17, 15) is 0 Å². The van der Waals surface area contributed by atoms with Gasteiger partial charge in [-0.3, -0.25) is 0 Å². The highest BCUT2D eigenvalue weighted by Crippen LogP contribution is 2.40. The van der Waals surface area contributed by atoms with Crippen LogP contribution in [0.1, 0.15) is 0 Å². The van der Waals surface area contributed by atoms with Gasteiger partial charge >= 0.3 is 0 Å². The monoisotopic (exact) mass is 725 g/mol. The molecule has 57 heavy (non-hydrogen) atoms. The second kappa shape index (κ2) is 12.5. The third-order valence-corrected chi connectivity index (χ3v) is 11.8. The summed E-state index contributed by atoms with van der Waals surface area (Å²) in [6.07, 6.45) is 0. The fraction of sp³-hybridized carbons (Fsp3) is 0. The normalized spacial score (nSPS) is 11.9. The van der Waals surface area contributed by atoms with Crippen LogP contribution in [0.4, 0.5) is 0 Å². The lowest BCUT2D eigenvalue weighted by Gasteiger charge is -2.16. The van der Waals surface area contributed by atoms with Gasteiger partial charge in [-0.1, -0.05) is 140 Å². The average Bonchev–Trinajstić information content (AvgIpc) is 3.92. The van der Waals surface area contributed by atoms with E-state index >= 15 is 0 Å². The molecule has 3 nitrogen and oxygen atoms in total. The molecule has 0 aliphatic heterocycles. The topological polar surface area (TPSA) is 14.8 Å². The summed E-state index contributed by atoms with van der Waals surface area (Å²) in [5, 5.41) is 7.50. The van der Waals surface area contributed by atoms with Crippen LogP contribution in [-0.2, 0) is 0 Å². The predicted octanol–water partition coefficient (Wildman–Crippen LogP) is 14.3. The van der Waals surface area contributed by atoms with Crippen molar-refractivity contribution >= 4 is 65.4 Å². The lowest BCUT2D eigenvalue weighted by Crippen LogP contribution is -2.00. The Morgan fingerprint density at radius 2 is 0.561 bits per heavy atom. The number of fused-ring (bicyclic) bond motifs is 9. The molecule has 0 aliphatic carbocycles. The zero-order valence-corrected chi connectivity index (χ0v) is 31.0. The summed E-state index contributed by atoms with van der Waals surface area (Å²) in [6.45, 7) is 0. The maximum atomic E-state index is 2.44. The Labute approximate surface area is 329 Å². The van der Waals surface area contributed by atoms with Crippen molar-refractivity contribution in [2.75, 3.05) is 0 Å². The van der Waals surface area contributed by atoms with Gasteiger partial charge in [0, 0.05) is 49.4 Å². The van der Waals surface area contributed by atoms with Gasteiger partial charge in [-0.15, -0.1) is 0 Å². The van der Waals surface area contributed by atoms with Crippen LogP contribution < -0.4 is 0 Å². The first-order chi connectivity index (χ1) is 28.3. The van der Waals surface area contributed by atoms with Crippen molar-refractivity contribution < 1.29 is 0 Å². The van der Waals surface area contributed by atoms with Crippen LogP contribution in [0.5, 0.6) is 0 Å². The quantitative estimate of drug-likeness (QED) is 0.168. The van der Waals surface area contributed by atoms with Crippen LogP contribution in [0.15, 0.2) is 212 Å². The molecule has 0 unspecified atom stereocenters. The van der Waals surface area contributed by atoms with E-state index in [0.717, 1.165) is 28.2 Å². The summed E-state index contributed by atoms with van der Waals surface area (Å²) in [5.74, 6) is 0. The van der Waals surface area contributed by atoms with E-state index in [1.54, 1.807) is 0 Å². The fourth-order valence-corrected chi connectivity index (χ4v) is 9.31. The number of hydrogen-bond acceptors (Lipinski definition) is 0. The van der Waals surface area contributed by atoms with E-state index in [1.165, 1.54) is 76.5 Å². The van der Waals surface area contributed by atoms with Crippen molar-refractivity contribution in [3.05, 3.63) is 212 Å². The van der Waals surface area contributed by atoms with Crippen LogP contribution in [0.2, 0.25) is 0 Å². The Morgan fingerprint density at radius 1 is 0.193 bits per heavy atom. The Hall–Kier alpha value is -7.62. The molecule has 266 valence electrons. The van der Waals surface area contributed by atoms with E-state index in [0.29, 0.717) is 0 Å². The molecule has 0 radical (unpaired) electrons. The van der Waals surface area contributed by atoms with Gasteiger partial charge in [0.1, 0.15) is 0 Å². The van der Waals surface area contributed by atoms with Crippen molar-refractivity contribution in [1.29, 1.82) is 0 Å². The molecule has 0 atom stereocenters. The predicted molar refractivity (Wildman–Crippen MR) is 240 cm³/mol. The number of aromatic nitrogens is 3. The Morgan fingerprint density at radius 3 is 1.07 bits per heavy atom. The van der Waals surface area contributed by atoms with E-state index < -0.39 is 0 Å². The fourth-order valence-electron chi connectivity index (χ4n) is 9.31. The van der Waals surface area contributed by atoms with Gasteiger partial charge in [0.25, 0.3) is 0 Å². The van der Waals surface area contributed by atoms with Gasteiger partial charge in [-0.25, -0.2) is 0 Å². The van der Waals surface area contributed by atoms with Crippen molar-refractivity contribution in [2.24, 2.45) is 0 Å². The Kier molecular flexibility index (Phi) is 6.93. The zero-order valence-electron chi connectivity index (χ0n) is 31.0. The molecular weight excluding hydrogens is 691 g/mol. The number of hydrogen-bond donors (Lipinski definition) is 0. The van der Waals surface area contributed by atoms with Crippen molar-refractivity contribution in [3.8, 4) is 39.3 Å². The maximum absolute atomic E-state index is 2.44. The summed E-state index contributed by atoms with van der Waals surface area (Å²) in [4.78, 5) is 0. The molecular formula is C54H35N3. The minimum Gasteiger partial charge on any atom is -0.309 e. The summed E-state index contributed by atoms with van der Waals surface area (Å²) >= 11 is 0. The van der Waals surface area contributed by atoms with E-state index in [2.05, 4.69) is 226 Å². The second-order valence-corrected chi connectivity index (χ2v) is 15.0. The molecule has 0 fully saturated rings. The lowest BCUT2D eigenvalue weighted by molar-refractivity contribution is 1.13. The summed E-state index contributed by atoms with van der Waals surface area (Å²) in [7, 11) is 0. The Balaban J connectivity index is 1.11. The average molecular weight is 726 g/mol. The SMILES string of the molecule is c1ccc(-c2ccc3c(c2)c2ccccc2n3-c2cccc(-c3cc(-n4c5ccccc5c5ccccc54)cc(-n4c5ccccc5c5ccccc54)c3)c2)cc1. The molecule has 0 amide bonds. The molecule has 0 saturated heterocycles. The number of para-hydroxylation sites is 5. The number of rotatable bonds is 5. The summed E-state index contributed by atoms with van der Waals surface area (Å²) < 4.78 is 7.30. The van der Waals surface area contributed by atoms with E-state index in [1.807, 2.05) is 0 Å². The minimum atomic E-state index is 1.12. The van der Waals surface area contributed by atoms with E-state index in [-0.39, 0.29) is 0 Å². The van der Waals surface area contributed by atoms with Gasteiger partial charge in [-0.2, -0.15) is 0 Å². The van der Waals surface area contributed by atoms with Gasteiger partial charge in [0.05, 0.1) is 33.1 Å². The van der Waals surface area contributed by atoms with Crippen LogP contribution in [-0.4, -0.2) is 13.7 Å². The van der Waals surface area contributed by atoms with Gasteiger partial charge in [0.15, 0.2) is 0 Å². The molecule has 0 N–H and O–H groups in total. The Bertz CT molecular complexity index is 3290. The standard InChI is InChI=1S/C54H35N3/c1-2-15-36(16-3-1)38-29-30-54-48(34-38)47-23-8-13-28-53(47)55(54)40-18-14-17-37(31-40)39-32-41(56-49-24-9-4-19-43(49)44-20-5-10-25-50(44)56)35-42(33-39)57-51-26-11-6-21-45(51)46-22-7-12-27-52(46)57/h1-35H. The van der Waals surface area contributed by atoms with Crippen molar-refractivity contribution in [3.63, 3.8) is 0 Å². The van der Waals surface area contributed by atoms with Crippen molar-refractivity contribution in [1.82, 2.24) is 13.7 Å². The highest BCUT2D eigenvalue weighted by atomic mass is 15.0. The van der Waals surface area contributed by atoms with Gasteiger partial charge < -0.3 is 13.7 Å². The second-order valence-electron chi connectivity index (χ2n) is 15.0. The lowest BCUT2D eigenvalue weighted by atomic mass is 10.0. The molecule has 3 heterocycles. The molecule has 12 aromatic rings. The van der Waals surface area contributed by atoms with Gasteiger partial charge in [0.2, 0.25) is 0 Å². The zero-order chi connectivity index (χ0) is 37.5. The maximum Gasteiger partial charge on any atom is 0.0541 e. The highest BCUT2D eigenvalue weighted by Gasteiger charge is 2.18. The van der Waals surface area contributed by atoms with Crippen LogP contribution in [0.25, 0.3) is 105 Å². The smallest absolute Gasteiger partial charge is 0.0541 e. The van der Waals surface area contributed by atoms with Gasteiger partial charge in [-0.05, 0) is 95.1 Å². The number of benzene rings is 9. The molecule has 12 rings (SSSR count). The first-order valence-electron chi connectivity index (χ1n) is 19.6. The third kappa shape index (κ3) is 4.86. The molecule has 0 saturated carbocycles. The first kappa shape index (κ1) is 31.7. The highest BCUT2D eigenvalue weighted by molar-refractivity contribution is 6.12. The molecule has 3 heteroatoms. The largest absolute Gasteiger partial charge is 0.309 e. The minimum absolute atomic E-state index is 1.12. The van der Waals surface area contributed by atoms with Crippen molar-refractivity contribution in [2.45, 2.75) is 0 Å². The third-order valence-electron chi connectivity index (χ3n) is 11.8. The molecule has 3 aromatic heterocycles. The van der Waals surface area contributed by atoms with Crippen LogP contribution >= 0.6 is 0 Å². The molecule has 0 spiro atoms.